The van der Waals surface area contributed by atoms with Gasteiger partial charge in [0.25, 0.3) is 0 Å². The summed E-state index contributed by atoms with van der Waals surface area (Å²) in [6.07, 6.45) is 0.172. The molecule has 0 unspecified atom stereocenters. The molecular weight excluding hydrogens is 272 g/mol. The molecule has 0 heterocycles. The fraction of sp³-hybridized carbons (Fsp3) is 0.333. The van der Waals surface area contributed by atoms with Gasteiger partial charge in [0.15, 0.2) is 0 Å². The van der Waals surface area contributed by atoms with E-state index in [-0.39, 0.29) is 37.0 Å². The molecule has 0 saturated carbocycles. The van der Waals surface area contributed by atoms with Crippen LogP contribution < -0.4 is 10.6 Å². The molecule has 106 valence electrons. The van der Waals surface area contributed by atoms with Gasteiger partial charge in [-0.3, -0.25) is 4.79 Å². The zero-order valence-corrected chi connectivity index (χ0v) is 11.2. The van der Waals surface area contributed by atoms with Gasteiger partial charge < -0.3 is 20.8 Å². The van der Waals surface area contributed by atoms with Crippen molar-refractivity contribution in [3.05, 3.63) is 29.8 Å². The van der Waals surface area contributed by atoms with Gasteiger partial charge in [-0.05, 0) is 24.7 Å². The molecule has 0 saturated heterocycles. The highest BCUT2D eigenvalue weighted by Gasteiger charge is 2.19. The van der Waals surface area contributed by atoms with Crippen molar-refractivity contribution in [1.82, 2.24) is 10.6 Å². The summed E-state index contributed by atoms with van der Waals surface area (Å²) in [6.45, 7) is 0.0688. The van der Waals surface area contributed by atoms with E-state index < -0.39 is 12.0 Å². The summed E-state index contributed by atoms with van der Waals surface area (Å²) in [4.78, 5) is 22.4. The second kappa shape index (κ2) is 8.34. The molecule has 1 amide bonds. The molecule has 0 aromatic heterocycles. The first-order valence-electron chi connectivity index (χ1n) is 5.47. The average molecular weight is 289 g/mol. The van der Waals surface area contributed by atoms with Crippen molar-refractivity contribution in [2.24, 2.45) is 0 Å². The highest BCUT2D eigenvalue weighted by atomic mass is 35.5. The maximum absolute atomic E-state index is 11.3. The molecule has 6 nitrogen and oxygen atoms in total. The minimum absolute atomic E-state index is 0. The van der Waals surface area contributed by atoms with Crippen LogP contribution in [0.1, 0.15) is 5.56 Å². The van der Waals surface area contributed by atoms with Crippen LogP contribution in [0.5, 0.6) is 5.75 Å². The number of rotatable bonds is 6. The van der Waals surface area contributed by atoms with E-state index in [1.807, 2.05) is 0 Å². The predicted octanol–water partition coefficient (Wildman–Crippen LogP) is 0.145. The predicted molar refractivity (Wildman–Crippen MR) is 72.6 cm³/mol. The Morgan fingerprint density at radius 1 is 1.26 bits per heavy atom. The summed E-state index contributed by atoms with van der Waals surface area (Å²) >= 11 is 0. The van der Waals surface area contributed by atoms with Gasteiger partial charge in [0.2, 0.25) is 5.91 Å². The lowest BCUT2D eigenvalue weighted by molar-refractivity contribution is -0.141. The van der Waals surface area contributed by atoms with Crippen molar-refractivity contribution in [2.75, 3.05) is 13.6 Å². The number of hydrogen-bond donors (Lipinski definition) is 4. The highest BCUT2D eigenvalue weighted by molar-refractivity contribution is 5.85. The first kappa shape index (κ1) is 17.2. The monoisotopic (exact) mass is 288 g/mol. The molecule has 0 aliphatic heterocycles. The lowest BCUT2D eigenvalue weighted by atomic mass is 10.1. The van der Waals surface area contributed by atoms with Crippen LogP contribution >= 0.6 is 12.4 Å². The Morgan fingerprint density at radius 2 is 1.84 bits per heavy atom. The average Bonchev–Trinajstić information content (AvgIpc) is 2.31. The number of benzene rings is 1. The lowest BCUT2D eigenvalue weighted by Gasteiger charge is -2.14. The van der Waals surface area contributed by atoms with Gasteiger partial charge in [-0.15, -0.1) is 12.4 Å². The number of aliphatic carboxylic acids is 1. The molecule has 1 rings (SSSR count). The summed E-state index contributed by atoms with van der Waals surface area (Å²) in [5.74, 6) is -1.35. The van der Waals surface area contributed by atoms with Gasteiger partial charge in [-0.2, -0.15) is 0 Å². The zero-order chi connectivity index (χ0) is 13.5. The number of phenolic OH excluding ortho intramolecular Hbond substituents is 1. The van der Waals surface area contributed by atoms with E-state index >= 15 is 0 Å². The molecule has 0 radical (unpaired) electrons. The van der Waals surface area contributed by atoms with Crippen molar-refractivity contribution in [1.29, 1.82) is 0 Å². The minimum atomic E-state index is -1.09. The van der Waals surface area contributed by atoms with Crippen LogP contribution in [0.25, 0.3) is 0 Å². The topological polar surface area (TPSA) is 98.7 Å². The maximum atomic E-state index is 11.3. The summed E-state index contributed by atoms with van der Waals surface area (Å²) in [5.41, 5.74) is 0.727. The lowest BCUT2D eigenvalue weighted by Crippen LogP contribution is -2.45. The smallest absolute Gasteiger partial charge is 0.326 e. The minimum Gasteiger partial charge on any atom is -0.508 e. The van der Waals surface area contributed by atoms with Crippen LogP contribution in [-0.2, 0) is 16.0 Å². The molecule has 0 aliphatic carbocycles. The molecule has 19 heavy (non-hydrogen) atoms. The van der Waals surface area contributed by atoms with E-state index in [9.17, 15) is 9.59 Å². The highest BCUT2D eigenvalue weighted by Crippen LogP contribution is 2.11. The molecule has 1 aromatic rings. The molecule has 4 N–H and O–H groups in total. The van der Waals surface area contributed by atoms with Crippen LogP contribution in [0, 0.1) is 0 Å². The van der Waals surface area contributed by atoms with E-state index in [1.54, 1.807) is 19.2 Å². The van der Waals surface area contributed by atoms with Gasteiger partial charge >= 0.3 is 5.97 Å². The number of carboxylic acids is 1. The summed E-state index contributed by atoms with van der Waals surface area (Å²) in [5, 5.41) is 23.2. The normalized spacial score (nSPS) is 11.2. The largest absolute Gasteiger partial charge is 0.508 e. The first-order valence-corrected chi connectivity index (χ1v) is 5.47. The van der Waals surface area contributed by atoms with Crippen LogP contribution in [-0.4, -0.2) is 41.7 Å². The second-order valence-corrected chi connectivity index (χ2v) is 3.86. The summed E-state index contributed by atoms with van der Waals surface area (Å²) in [7, 11) is 1.61. The summed E-state index contributed by atoms with van der Waals surface area (Å²) < 4.78 is 0. The van der Waals surface area contributed by atoms with Crippen molar-refractivity contribution >= 4 is 24.3 Å². The van der Waals surface area contributed by atoms with Gasteiger partial charge in [-0.1, -0.05) is 12.1 Å². The van der Waals surface area contributed by atoms with Gasteiger partial charge in [0, 0.05) is 6.42 Å². The molecule has 0 aliphatic rings. The van der Waals surface area contributed by atoms with Gasteiger partial charge in [-0.25, -0.2) is 4.79 Å². The van der Waals surface area contributed by atoms with Crippen molar-refractivity contribution in [3.8, 4) is 5.75 Å². The Hall–Kier alpha value is -1.79. The van der Waals surface area contributed by atoms with Gasteiger partial charge in [0.1, 0.15) is 11.8 Å². The first-order chi connectivity index (χ1) is 8.52. The Kier molecular flexibility index (Phi) is 7.55. The third kappa shape index (κ3) is 6.08. The number of carbonyl (C=O) groups excluding carboxylic acids is 1. The van der Waals surface area contributed by atoms with Crippen LogP contribution in [0.4, 0.5) is 0 Å². The van der Waals surface area contributed by atoms with E-state index in [0.717, 1.165) is 5.56 Å². The number of phenols is 1. The number of carbonyl (C=O) groups is 2. The molecular formula is C12H17ClN2O4. The number of halogens is 1. The number of nitrogens with one attached hydrogen (secondary N) is 2. The third-order valence-corrected chi connectivity index (χ3v) is 2.35. The third-order valence-electron chi connectivity index (χ3n) is 2.35. The van der Waals surface area contributed by atoms with Crippen LogP contribution in [0.15, 0.2) is 24.3 Å². The van der Waals surface area contributed by atoms with Gasteiger partial charge in [0.05, 0.1) is 6.54 Å². The number of carboxylic acid groups (broad SMARTS) is 1. The molecule has 7 heteroatoms. The number of hydrogen-bond acceptors (Lipinski definition) is 4. The van der Waals surface area contributed by atoms with Crippen LogP contribution in [0.3, 0.4) is 0 Å². The second-order valence-electron chi connectivity index (χ2n) is 3.86. The standard InChI is InChI=1S/C12H16N2O4.ClH/c1-13-7-11(16)14-10(12(17)18)6-8-2-4-9(15)5-3-8;/h2-5,10,13,15H,6-7H2,1H3,(H,14,16)(H,17,18);1H/t10-;/m0./s1. The Balaban J connectivity index is 0.00000324. The zero-order valence-electron chi connectivity index (χ0n) is 10.4. The van der Waals surface area contributed by atoms with Crippen molar-refractivity contribution in [3.63, 3.8) is 0 Å². The molecule has 0 bridgehead atoms. The van der Waals surface area contributed by atoms with E-state index in [2.05, 4.69) is 10.6 Å². The van der Waals surface area contributed by atoms with E-state index in [1.165, 1.54) is 12.1 Å². The number of aromatic hydroxyl groups is 1. The van der Waals surface area contributed by atoms with E-state index in [0.29, 0.717) is 0 Å². The summed E-state index contributed by atoms with van der Waals surface area (Å²) in [6, 6.07) is 5.22. The van der Waals surface area contributed by atoms with E-state index in [4.69, 9.17) is 10.2 Å². The van der Waals surface area contributed by atoms with Crippen LogP contribution in [0.2, 0.25) is 0 Å². The SMILES string of the molecule is CNCC(=O)N[C@@H](Cc1ccc(O)cc1)C(=O)O.Cl. The fourth-order valence-corrected chi connectivity index (χ4v) is 1.47. The fourth-order valence-electron chi connectivity index (χ4n) is 1.47. The number of likely N-dealkylation sites (N-methyl/N-ethyl adjacent to an activating group) is 1. The van der Waals surface area contributed by atoms with Crippen molar-refractivity contribution in [2.45, 2.75) is 12.5 Å². The Bertz CT molecular complexity index is 422. The number of amides is 1. The quantitative estimate of drug-likeness (QED) is 0.597. The molecule has 0 spiro atoms. The Labute approximate surface area is 117 Å². The maximum Gasteiger partial charge on any atom is 0.326 e. The molecule has 1 aromatic carbocycles. The molecule has 1 atom stereocenters. The Morgan fingerprint density at radius 3 is 2.32 bits per heavy atom. The molecule has 0 fully saturated rings. The van der Waals surface area contributed by atoms with Crippen molar-refractivity contribution < 1.29 is 19.8 Å².